The fraction of sp³-hybridized carbons (Fsp3) is 0. The molecule has 2 aromatic carbocycles. The van der Waals surface area contributed by atoms with Crippen molar-refractivity contribution < 1.29 is 23.7 Å². The van der Waals surface area contributed by atoms with Crippen molar-refractivity contribution in [3.8, 4) is 5.75 Å². The van der Waals surface area contributed by atoms with Crippen LogP contribution in [0.5, 0.6) is 5.75 Å². The van der Waals surface area contributed by atoms with Gasteiger partial charge in [0.1, 0.15) is 17.1 Å². The molecule has 1 N–H and O–H groups in total. The van der Waals surface area contributed by atoms with Gasteiger partial charge in [0, 0.05) is 12.1 Å². The summed E-state index contributed by atoms with van der Waals surface area (Å²) in [6.07, 6.45) is 5.58. The minimum Gasteiger partial charge on any atom is -0.465 e. The van der Waals surface area contributed by atoms with Crippen molar-refractivity contribution in [1.29, 1.82) is 0 Å². The molecule has 3 rings (SSSR count). The van der Waals surface area contributed by atoms with Crippen LogP contribution in [0.4, 0.5) is 5.69 Å². The van der Waals surface area contributed by atoms with Gasteiger partial charge in [0.25, 0.3) is 11.6 Å². The Morgan fingerprint density at radius 2 is 1.83 bits per heavy atom. The number of furan rings is 1. The van der Waals surface area contributed by atoms with Gasteiger partial charge in [-0.2, -0.15) is 5.10 Å². The summed E-state index contributed by atoms with van der Waals surface area (Å²) in [4.78, 5) is 34.2. The highest BCUT2D eigenvalue weighted by atomic mass is 16.6. The van der Waals surface area contributed by atoms with E-state index in [-0.39, 0.29) is 11.3 Å². The molecule has 0 spiro atoms. The Balaban J connectivity index is 1.55. The number of benzene rings is 2. The SMILES string of the molecule is O=C(/C=C/c1ccco1)Oc1ccc(/C=N/NC(=O)c2ccccc2[N+](=O)[O-])cc1. The predicted molar refractivity (Wildman–Crippen MR) is 108 cm³/mol. The van der Waals surface area contributed by atoms with Crippen LogP contribution in [0.3, 0.4) is 0 Å². The Bertz CT molecular complexity index is 1100. The van der Waals surface area contributed by atoms with Crippen molar-refractivity contribution in [2.45, 2.75) is 0 Å². The standard InChI is InChI=1S/C21H15N3O6/c25-20(12-11-16-4-3-13-29-16)30-17-9-7-15(8-10-17)14-22-23-21(26)18-5-1-2-6-19(18)24(27)28/h1-14H,(H,23,26)/b12-11+,22-14+. The third-order valence-corrected chi connectivity index (χ3v) is 3.75. The van der Waals surface area contributed by atoms with Gasteiger partial charge in [-0.25, -0.2) is 10.2 Å². The zero-order chi connectivity index (χ0) is 21.3. The van der Waals surface area contributed by atoms with Gasteiger partial charge >= 0.3 is 5.97 Å². The molecule has 1 heterocycles. The summed E-state index contributed by atoms with van der Waals surface area (Å²) in [6.45, 7) is 0. The van der Waals surface area contributed by atoms with Crippen molar-refractivity contribution in [2.75, 3.05) is 0 Å². The first-order chi connectivity index (χ1) is 14.5. The first-order valence-corrected chi connectivity index (χ1v) is 8.63. The van der Waals surface area contributed by atoms with Gasteiger partial charge in [0.15, 0.2) is 0 Å². The lowest BCUT2D eigenvalue weighted by atomic mass is 10.2. The second-order valence-corrected chi connectivity index (χ2v) is 5.81. The number of hydrogen-bond acceptors (Lipinski definition) is 7. The normalized spacial score (nSPS) is 10.9. The molecule has 150 valence electrons. The van der Waals surface area contributed by atoms with Gasteiger partial charge in [-0.05, 0) is 54.1 Å². The van der Waals surface area contributed by atoms with Crippen molar-refractivity contribution >= 4 is 29.9 Å². The molecule has 0 aliphatic carbocycles. The van der Waals surface area contributed by atoms with Crippen LogP contribution < -0.4 is 10.2 Å². The molecule has 30 heavy (non-hydrogen) atoms. The number of esters is 1. The molecule has 9 nitrogen and oxygen atoms in total. The molecule has 0 radical (unpaired) electrons. The largest absolute Gasteiger partial charge is 0.465 e. The number of hydrazone groups is 1. The maximum Gasteiger partial charge on any atom is 0.336 e. The molecule has 1 amide bonds. The molecule has 0 aliphatic heterocycles. The summed E-state index contributed by atoms with van der Waals surface area (Å²) in [5.41, 5.74) is 2.46. The van der Waals surface area contributed by atoms with Gasteiger partial charge in [0.05, 0.1) is 17.4 Å². The highest BCUT2D eigenvalue weighted by molar-refractivity contribution is 5.98. The van der Waals surface area contributed by atoms with Crippen molar-refractivity contribution in [3.63, 3.8) is 0 Å². The maximum absolute atomic E-state index is 12.1. The highest BCUT2D eigenvalue weighted by Crippen LogP contribution is 2.17. The average Bonchev–Trinajstić information content (AvgIpc) is 3.27. The van der Waals surface area contributed by atoms with E-state index in [2.05, 4.69) is 10.5 Å². The number of nitrogens with one attached hydrogen (secondary N) is 1. The monoisotopic (exact) mass is 405 g/mol. The van der Waals surface area contributed by atoms with E-state index in [1.165, 1.54) is 48.9 Å². The molecule has 0 bridgehead atoms. The van der Waals surface area contributed by atoms with Crippen LogP contribution in [0.1, 0.15) is 21.7 Å². The van der Waals surface area contributed by atoms with Crippen molar-refractivity contribution in [3.05, 3.63) is 100 Å². The lowest BCUT2D eigenvalue weighted by Crippen LogP contribution is -2.18. The van der Waals surface area contributed by atoms with E-state index >= 15 is 0 Å². The summed E-state index contributed by atoms with van der Waals surface area (Å²) in [6, 6.07) is 15.3. The summed E-state index contributed by atoms with van der Waals surface area (Å²) in [7, 11) is 0. The molecule has 0 saturated carbocycles. The molecule has 0 atom stereocenters. The van der Waals surface area contributed by atoms with Crippen LogP contribution >= 0.6 is 0 Å². The minimum absolute atomic E-state index is 0.0930. The van der Waals surface area contributed by atoms with Crippen LogP contribution in [0.15, 0.2) is 82.5 Å². The molecule has 0 aliphatic rings. The third-order valence-electron chi connectivity index (χ3n) is 3.75. The van der Waals surface area contributed by atoms with E-state index < -0.39 is 16.8 Å². The second-order valence-electron chi connectivity index (χ2n) is 5.81. The fourth-order valence-electron chi connectivity index (χ4n) is 2.36. The number of nitro groups is 1. The van der Waals surface area contributed by atoms with Crippen LogP contribution in [-0.2, 0) is 4.79 Å². The third kappa shape index (κ3) is 5.49. The van der Waals surface area contributed by atoms with Crippen LogP contribution in [0, 0.1) is 10.1 Å². The molecule has 0 unspecified atom stereocenters. The minimum atomic E-state index is -0.701. The summed E-state index contributed by atoms with van der Waals surface area (Å²) < 4.78 is 10.2. The van der Waals surface area contributed by atoms with Crippen molar-refractivity contribution in [1.82, 2.24) is 5.43 Å². The van der Waals surface area contributed by atoms with Gasteiger partial charge in [-0.1, -0.05) is 12.1 Å². The van der Waals surface area contributed by atoms with E-state index in [1.54, 1.807) is 36.4 Å². The Kier molecular flexibility index (Phi) is 6.47. The molecular weight excluding hydrogens is 390 g/mol. The number of carbonyl (C=O) groups is 2. The first kappa shape index (κ1) is 20.2. The topological polar surface area (TPSA) is 124 Å². The van der Waals surface area contributed by atoms with Gasteiger partial charge in [0.2, 0.25) is 0 Å². The van der Waals surface area contributed by atoms with E-state index in [0.29, 0.717) is 17.1 Å². The smallest absolute Gasteiger partial charge is 0.336 e. The number of hydrogen-bond donors (Lipinski definition) is 1. The number of nitro benzene ring substituents is 1. The maximum atomic E-state index is 12.1. The van der Waals surface area contributed by atoms with Gasteiger partial charge < -0.3 is 9.15 Å². The molecule has 9 heteroatoms. The van der Waals surface area contributed by atoms with Crippen molar-refractivity contribution in [2.24, 2.45) is 5.10 Å². The van der Waals surface area contributed by atoms with Crippen LogP contribution in [0.25, 0.3) is 6.08 Å². The number of ether oxygens (including phenoxy) is 1. The lowest BCUT2D eigenvalue weighted by Gasteiger charge is -2.02. The zero-order valence-electron chi connectivity index (χ0n) is 15.4. The van der Waals surface area contributed by atoms with Gasteiger partial charge in [-0.15, -0.1) is 0 Å². The number of amides is 1. The number of nitrogens with zero attached hydrogens (tertiary/aromatic N) is 2. The first-order valence-electron chi connectivity index (χ1n) is 8.63. The molecule has 1 aromatic heterocycles. The predicted octanol–water partition coefficient (Wildman–Crippen LogP) is 3.57. The zero-order valence-corrected chi connectivity index (χ0v) is 15.4. The number of carbonyl (C=O) groups excluding carboxylic acids is 2. The number of rotatable bonds is 7. The average molecular weight is 405 g/mol. The molecule has 3 aromatic rings. The van der Waals surface area contributed by atoms with E-state index in [4.69, 9.17) is 9.15 Å². The quantitative estimate of drug-likeness (QED) is 0.160. The molecular formula is C21H15N3O6. The molecule has 0 fully saturated rings. The van der Waals surface area contributed by atoms with Gasteiger partial charge in [-0.3, -0.25) is 14.9 Å². The van der Waals surface area contributed by atoms with E-state index in [0.717, 1.165) is 0 Å². The van der Waals surface area contributed by atoms with E-state index in [1.807, 2.05) is 0 Å². The number of para-hydroxylation sites is 1. The highest BCUT2D eigenvalue weighted by Gasteiger charge is 2.18. The van der Waals surface area contributed by atoms with Crippen LogP contribution in [-0.4, -0.2) is 23.0 Å². The molecule has 0 saturated heterocycles. The second kappa shape index (κ2) is 9.60. The Morgan fingerprint density at radius 3 is 2.53 bits per heavy atom. The van der Waals surface area contributed by atoms with Crippen LogP contribution in [0.2, 0.25) is 0 Å². The lowest BCUT2D eigenvalue weighted by molar-refractivity contribution is -0.385. The Hall–Kier alpha value is -4.53. The Labute approximate surface area is 170 Å². The summed E-state index contributed by atoms with van der Waals surface area (Å²) >= 11 is 0. The summed E-state index contributed by atoms with van der Waals surface area (Å²) in [5.74, 6) is -0.413. The fourth-order valence-corrected chi connectivity index (χ4v) is 2.36. The van der Waals surface area contributed by atoms with E-state index in [9.17, 15) is 19.7 Å². The Morgan fingerprint density at radius 1 is 1.07 bits per heavy atom. The summed E-state index contributed by atoms with van der Waals surface area (Å²) in [5, 5.41) is 14.8.